The summed E-state index contributed by atoms with van der Waals surface area (Å²) < 4.78 is 6.89. The number of hydrogen-bond donors (Lipinski definition) is 1. The summed E-state index contributed by atoms with van der Waals surface area (Å²) in [6, 6.07) is 15.4. The van der Waals surface area contributed by atoms with E-state index < -0.39 is 0 Å². The average Bonchev–Trinajstić information content (AvgIpc) is 2.65. The van der Waals surface area contributed by atoms with Gasteiger partial charge in [0, 0.05) is 13.7 Å². The molecule has 0 aliphatic rings. The van der Waals surface area contributed by atoms with Gasteiger partial charge in [-0.1, -0.05) is 31.2 Å². The smallest absolute Gasteiger partial charge is 0.266 e. The molecule has 1 heterocycles. The summed E-state index contributed by atoms with van der Waals surface area (Å²) in [4.78, 5) is 18.1. The van der Waals surface area contributed by atoms with Crippen LogP contribution in [0.1, 0.15) is 30.8 Å². The van der Waals surface area contributed by atoms with Crippen molar-refractivity contribution >= 4 is 10.9 Å². The van der Waals surface area contributed by atoms with E-state index >= 15 is 0 Å². The minimum atomic E-state index is -0.0389. The second kappa shape index (κ2) is 8.25. The van der Waals surface area contributed by atoms with E-state index in [2.05, 4.69) is 12.2 Å². The molecule has 1 unspecified atom stereocenters. The molecule has 3 rings (SSSR count). The van der Waals surface area contributed by atoms with Crippen LogP contribution in [-0.4, -0.2) is 29.8 Å². The molecular weight excluding hydrogens is 326 g/mol. The van der Waals surface area contributed by atoms with Crippen LogP contribution in [-0.2, 0) is 4.74 Å². The van der Waals surface area contributed by atoms with Gasteiger partial charge >= 0.3 is 0 Å². The van der Waals surface area contributed by atoms with E-state index in [4.69, 9.17) is 9.72 Å². The first-order valence-electron chi connectivity index (χ1n) is 8.96. The fourth-order valence-corrected chi connectivity index (χ4v) is 3.15. The quantitative estimate of drug-likeness (QED) is 0.663. The van der Waals surface area contributed by atoms with Gasteiger partial charge in [0.1, 0.15) is 5.82 Å². The lowest BCUT2D eigenvalue weighted by Gasteiger charge is -2.22. The second-order valence-corrected chi connectivity index (χ2v) is 6.37. The highest BCUT2D eigenvalue weighted by molar-refractivity contribution is 5.77. The van der Waals surface area contributed by atoms with Crippen molar-refractivity contribution in [2.24, 2.45) is 0 Å². The zero-order chi connectivity index (χ0) is 18.5. The van der Waals surface area contributed by atoms with Crippen LogP contribution in [0.25, 0.3) is 16.6 Å². The molecule has 0 amide bonds. The van der Waals surface area contributed by atoms with E-state index in [-0.39, 0.29) is 11.6 Å². The van der Waals surface area contributed by atoms with E-state index in [0.717, 1.165) is 29.0 Å². The summed E-state index contributed by atoms with van der Waals surface area (Å²) in [5, 5.41) is 4.09. The summed E-state index contributed by atoms with van der Waals surface area (Å²) in [7, 11) is 1.68. The Labute approximate surface area is 153 Å². The minimum Gasteiger partial charge on any atom is -0.383 e. The van der Waals surface area contributed by atoms with Gasteiger partial charge in [-0.2, -0.15) is 0 Å². The van der Waals surface area contributed by atoms with Gasteiger partial charge in [-0.25, -0.2) is 4.98 Å². The van der Waals surface area contributed by atoms with Crippen molar-refractivity contribution in [1.29, 1.82) is 0 Å². The number of aryl methyl sites for hydroxylation is 1. The Morgan fingerprint density at radius 2 is 2.00 bits per heavy atom. The molecule has 0 saturated carbocycles. The maximum absolute atomic E-state index is 13.3. The Bertz CT molecular complexity index is 949. The summed E-state index contributed by atoms with van der Waals surface area (Å²) >= 11 is 0. The van der Waals surface area contributed by atoms with Gasteiger partial charge in [0.05, 0.1) is 29.2 Å². The van der Waals surface area contributed by atoms with Gasteiger partial charge in [0.2, 0.25) is 0 Å². The molecule has 0 saturated heterocycles. The molecule has 0 aliphatic heterocycles. The zero-order valence-electron chi connectivity index (χ0n) is 15.5. The van der Waals surface area contributed by atoms with Gasteiger partial charge in [0.15, 0.2) is 0 Å². The lowest BCUT2D eigenvalue weighted by molar-refractivity contribution is 0.194. The van der Waals surface area contributed by atoms with Crippen LogP contribution in [0.5, 0.6) is 0 Å². The lowest BCUT2D eigenvalue weighted by atomic mass is 10.1. The number of nitrogens with one attached hydrogen (secondary N) is 1. The predicted molar refractivity (Wildman–Crippen MR) is 105 cm³/mol. The number of nitrogens with zero attached hydrogens (tertiary/aromatic N) is 2. The average molecular weight is 351 g/mol. The van der Waals surface area contributed by atoms with Crippen molar-refractivity contribution in [2.45, 2.75) is 26.3 Å². The fraction of sp³-hybridized carbons (Fsp3) is 0.333. The molecule has 1 N–H and O–H groups in total. The first-order valence-corrected chi connectivity index (χ1v) is 8.96. The van der Waals surface area contributed by atoms with Crippen molar-refractivity contribution in [3.05, 3.63) is 70.3 Å². The molecule has 3 aromatic rings. The molecule has 0 spiro atoms. The maximum atomic E-state index is 13.3. The second-order valence-electron chi connectivity index (χ2n) is 6.37. The number of aromatic nitrogens is 2. The number of hydrogen-bond acceptors (Lipinski definition) is 4. The Morgan fingerprint density at radius 3 is 2.73 bits per heavy atom. The number of rotatable bonds is 7. The first kappa shape index (κ1) is 18.3. The van der Waals surface area contributed by atoms with Gasteiger partial charge in [0.25, 0.3) is 5.56 Å². The minimum absolute atomic E-state index is 0.0387. The Hall–Kier alpha value is -2.50. The molecule has 0 radical (unpaired) electrons. The van der Waals surface area contributed by atoms with Crippen LogP contribution in [0.3, 0.4) is 0 Å². The molecule has 2 aromatic carbocycles. The summed E-state index contributed by atoms with van der Waals surface area (Å²) in [6.45, 7) is 5.42. The molecule has 0 fully saturated rings. The number of benzene rings is 2. The van der Waals surface area contributed by atoms with Crippen molar-refractivity contribution in [2.75, 3.05) is 20.3 Å². The van der Waals surface area contributed by atoms with Crippen molar-refractivity contribution in [3.8, 4) is 5.69 Å². The molecule has 5 heteroatoms. The molecule has 26 heavy (non-hydrogen) atoms. The Kier molecular flexibility index (Phi) is 5.81. The third-order valence-electron chi connectivity index (χ3n) is 4.48. The molecule has 1 aromatic heterocycles. The summed E-state index contributed by atoms with van der Waals surface area (Å²) in [5.74, 6) is 0.734. The standard InChI is InChI=1S/C21H25N3O2/c1-4-18(22-12-13-26-3)20-23-19-11-6-5-10-17(19)21(25)24(20)16-9-7-8-15(2)14-16/h5-11,14,18,22H,4,12-13H2,1-3H3. The van der Waals surface area contributed by atoms with E-state index in [1.807, 2.05) is 55.5 Å². The van der Waals surface area contributed by atoms with Crippen LogP contribution in [0.2, 0.25) is 0 Å². The van der Waals surface area contributed by atoms with Crippen molar-refractivity contribution < 1.29 is 4.74 Å². The number of methoxy groups -OCH3 is 1. The maximum Gasteiger partial charge on any atom is 0.266 e. The monoisotopic (exact) mass is 351 g/mol. The third kappa shape index (κ3) is 3.69. The van der Waals surface area contributed by atoms with Gasteiger partial charge in [-0.05, 0) is 43.2 Å². The fourth-order valence-electron chi connectivity index (χ4n) is 3.15. The molecule has 5 nitrogen and oxygen atoms in total. The molecule has 1 atom stereocenters. The van der Waals surface area contributed by atoms with Crippen LogP contribution in [0.15, 0.2) is 53.3 Å². The van der Waals surface area contributed by atoms with Crippen LogP contribution < -0.4 is 10.9 Å². The largest absolute Gasteiger partial charge is 0.383 e. The highest BCUT2D eigenvalue weighted by Gasteiger charge is 2.19. The number of para-hydroxylation sites is 1. The predicted octanol–water partition coefficient (Wildman–Crippen LogP) is 3.38. The topological polar surface area (TPSA) is 56.1 Å². The van der Waals surface area contributed by atoms with Crippen molar-refractivity contribution in [3.63, 3.8) is 0 Å². The first-order chi connectivity index (χ1) is 12.7. The highest BCUT2D eigenvalue weighted by atomic mass is 16.5. The summed E-state index contributed by atoms with van der Waals surface area (Å²) in [6.07, 6.45) is 0.820. The van der Waals surface area contributed by atoms with Crippen LogP contribution in [0, 0.1) is 6.92 Å². The van der Waals surface area contributed by atoms with Crippen molar-refractivity contribution in [1.82, 2.24) is 14.9 Å². The normalized spacial score (nSPS) is 12.4. The third-order valence-corrected chi connectivity index (χ3v) is 4.48. The molecule has 0 bridgehead atoms. The molecular formula is C21H25N3O2. The summed E-state index contributed by atoms with van der Waals surface area (Å²) in [5.41, 5.74) is 2.63. The molecule has 136 valence electrons. The van der Waals surface area contributed by atoms with Gasteiger partial charge < -0.3 is 10.1 Å². The number of fused-ring (bicyclic) bond motifs is 1. The SMILES string of the molecule is CCC(NCCOC)c1nc2ccccc2c(=O)n1-c1cccc(C)c1. The van der Waals surface area contributed by atoms with E-state index in [0.29, 0.717) is 18.5 Å². The van der Waals surface area contributed by atoms with Crippen LogP contribution >= 0.6 is 0 Å². The number of ether oxygens (including phenoxy) is 1. The van der Waals surface area contributed by atoms with Gasteiger partial charge in [-0.15, -0.1) is 0 Å². The van der Waals surface area contributed by atoms with Crippen LogP contribution in [0.4, 0.5) is 0 Å². The van der Waals surface area contributed by atoms with E-state index in [1.165, 1.54) is 0 Å². The van der Waals surface area contributed by atoms with Gasteiger partial charge in [-0.3, -0.25) is 9.36 Å². The Morgan fingerprint density at radius 1 is 1.19 bits per heavy atom. The van der Waals surface area contributed by atoms with E-state index in [9.17, 15) is 4.79 Å². The lowest BCUT2D eigenvalue weighted by Crippen LogP contribution is -2.32. The van der Waals surface area contributed by atoms with E-state index in [1.54, 1.807) is 11.7 Å². The Balaban J connectivity index is 2.22. The zero-order valence-corrected chi connectivity index (χ0v) is 15.5. The molecule has 0 aliphatic carbocycles. The highest BCUT2D eigenvalue weighted by Crippen LogP contribution is 2.20.